The smallest absolute Gasteiger partial charge is 0.344 e. The SMILES string of the molecule is O=C(c1cnn(C(=O)N2CC3CN(Cc4cccc(Oc5ccc(Cl)cc5)c4)CC3C2)c1)N1CCCC1. The van der Waals surface area contributed by atoms with Crippen LogP contribution in [0.5, 0.6) is 11.5 Å². The van der Waals surface area contributed by atoms with Crippen LogP contribution in [0.3, 0.4) is 0 Å². The average Bonchev–Trinajstić information content (AvgIpc) is 3.69. The van der Waals surface area contributed by atoms with E-state index in [9.17, 15) is 9.59 Å². The minimum Gasteiger partial charge on any atom is -0.457 e. The van der Waals surface area contributed by atoms with Gasteiger partial charge in [0.1, 0.15) is 11.5 Å². The Morgan fingerprint density at radius 2 is 1.65 bits per heavy atom. The van der Waals surface area contributed by atoms with Gasteiger partial charge >= 0.3 is 6.03 Å². The number of nitrogens with zero attached hydrogens (tertiary/aromatic N) is 5. The van der Waals surface area contributed by atoms with Crippen molar-refractivity contribution >= 4 is 23.5 Å². The van der Waals surface area contributed by atoms with E-state index in [4.69, 9.17) is 16.3 Å². The van der Waals surface area contributed by atoms with Crippen molar-refractivity contribution in [3.63, 3.8) is 0 Å². The maximum atomic E-state index is 13.1. The van der Waals surface area contributed by atoms with Crippen LogP contribution in [0.2, 0.25) is 5.02 Å². The summed E-state index contributed by atoms with van der Waals surface area (Å²) in [4.78, 5) is 31.9. The van der Waals surface area contributed by atoms with E-state index in [2.05, 4.69) is 22.1 Å². The molecule has 3 saturated heterocycles. The molecule has 4 heterocycles. The Bertz CT molecular complexity index is 1270. The number of fused-ring (bicyclic) bond motifs is 1. The quantitative estimate of drug-likeness (QED) is 0.493. The fraction of sp³-hybridized carbons (Fsp3) is 0.393. The Morgan fingerprint density at radius 1 is 0.919 bits per heavy atom. The van der Waals surface area contributed by atoms with Crippen molar-refractivity contribution in [1.82, 2.24) is 24.5 Å². The molecule has 8 nitrogen and oxygen atoms in total. The molecule has 2 unspecified atom stereocenters. The second-order valence-corrected chi connectivity index (χ2v) is 10.7. The first kappa shape index (κ1) is 24.0. The number of hydrogen-bond donors (Lipinski definition) is 0. The first-order valence-corrected chi connectivity index (χ1v) is 13.3. The molecule has 0 saturated carbocycles. The summed E-state index contributed by atoms with van der Waals surface area (Å²) in [5.41, 5.74) is 1.69. The summed E-state index contributed by atoms with van der Waals surface area (Å²) in [5.74, 6) is 2.41. The number of likely N-dealkylation sites (tertiary alicyclic amines) is 3. The number of amides is 2. The van der Waals surface area contributed by atoms with Crippen LogP contribution >= 0.6 is 11.6 Å². The number of carbonyl (C=O) groups excluding carboxylic acids is 2. The molecule has 3 aliphatic heterocycles. The van der Waals surface area contributed by atoms with Gasteiger partial charge in [0.25, 0.3) is 5.91 Å². The number of aromatic nitrogens is 2. The molecule has 2 atom stereocenters. The van der Waals surface area contributed by atoms with Crippen LogP contribution in [0.25, 0.3) is 0 Å². The predicted octanol–water partition coefficient (Wildman–Crippen LogP) is 4.60. The van der Waals surface area contributed by atoms with Crippen molar-refractivity contribution in [3.8, 4) is 11.5 Å². The summed E-state index contributed by atoms with van der Waals surface area (Å²) < 4.78 is 7.32. The van der Waals surface area contributed by atoms with Crippen molar-refractivity contribution in [2.45, 2.75) is 19.4 Å². The Morgan fingerprint density at radius 3 is 2.38 bits per heavy atom. The third kappa shape index (κ3) is 5.22. The van der Waals surface area contributed by atoms with Gasteiger partial charge < -0.3 is 14.5 Å². The minimum absolute atomic E-state index is 0.0341. The van der Waals surface area contributed by atoms with E-state index in [1.165, 1.54) is 16.4 Å². The fourth-order valence-corrected chi connectivity index (χ4v) is 5.89. The molecular weight excluding hydrogens is 490 g/mol. The summed E-state index contributed by atoms with van der Waals surface area (Å²) in [6.07, 6.45) is 5.18. The van der Waals surface area contributed by atoms with Crippen molar-refractivity contribution < 1.29 is 14.3 Å². The highest BCUT2D eigenvalue weighted by molar-refractivity contribution is 6.30. The Balaban J connectivity index is 1.02. The van der Waals surface area contributed by atoms with Gasteiger partial charge in [-0.25, -0.2) is 4.79 Å². The van der Waals surface area contributed by atoms with E-state index in [1.54, 1.807) is 6.20 Å². The highest BCUT2D eigenvalue weighted by atomic mass is 35.5. The van der Waals surface area contributed by atoms with Gasteiger partial charge in [0.15, 0.2) is 0 Å². The lowest BCUT2D eigenvalue weighted by atomic mass is 10.0. The van der Waals surface area contributed by atoms with Crippen molar-refractivity contribution in [3.05, 3.63) is 77.1 Å². The number of rotatable bonds is 5. The van der Waals surface area contributed by atoms with Crippen LogP contribution < -0.4 is 4.74 Å². The molecule has 9 heteroatoms. The molecule has 6 rings (SSSR count). The largest absolute Gasteiger partial charge is 0.457 e. The van der Waals surface area contributed by atoms with Gasteiger partial charge in [-0.05, 0) is 66.6 Å². The highest BCUT2D eigenvalue weighted by Gasteiger charge is 2.42. The second-order valence-electron chi connectivity index (χ2n) is 10.3. The van der Waals surface area contributed by atoms with Crippen LogP contribution in [0.4, 0.5) is 4.79 Å². The van der Waals surface area contributed by atoms with Gasteiger partial charge in [-0.15, -0.1) is 0 Å². The molecule has 3 aliphatic rings. The summed E-state index contributed by atoms with van der Waals surface area (Å²) in [7, 11) is 0. The highest BCUT2D eigenvalue weighted by Crippen LogP contribution is 2.33. The summed E-state index contributed by atoms with van der Waals surface area (Å²) >= 11 is 5.97. The summed E-state index contributed by atoms with van der Waals surface area (Å²) in [5, 5.41) is 4.89. The minimum atomic E-state index is -0.145. The zero-order chi connectivity index (χ0) is 25.4. The van der Waals surface area contributed by atoms with E-state index in [0.29, 0.717) is 22.4 Å². The van der Waals surface area contributed by atoms with E-state index in [1.807, 2.05) is 46.2 Å². The standard InChI is InChI=1S/C28H30ClN5O3/c29-24-6-8-25(9-7-24)37-26-5-3-4-20(12-26)14-31-15-22-17-33(18-23(22)16-31)28(36)34-19-21(13-30-34)27(35)32-10-1-2-11-32/h3-9,12-13,19,22-23H,1-2,10-11,14-18H2. The van der Waals surface area contributed by atoms with Crippen LogP contribution in [0.15, 0.2) is 60.9 Å². The molecule has 3 fully saturated rings. The zero-order valence-corrected chi connectivity index (χ0v) is 21.4. The first-order valence-electron chi connectivity index (χ1n) is 12.9. The van der Waals surface area contributed by atoms with Crippen molar-refractivity contribution in [2.75, 3.05) is 39.3 Å². The molecule has 0 spiro atoms. The molecule has 0 aliphatic carbocycles. The van der Waals surface area contributed by atoms with E-state index in [-0.39, 0.29) is 11.9 Å². The predicted molar refractivity (Wildman–Crippen MR) is 140 cm³/mol. The molecule has 2 aromatic carbocycles. The van der Waals surface area contributed by atoms with Gasteiger partial charge in [-0.2, -0.15) is 9.78 Å². The normalized spacial score (nSPS) is 21.4. The third-order valence-corrected chi connectivity index (χ3v) is 7.86. The number of benzene rings is 2. The van der Waals surface area contributed by atoms with E-state index in [0.717, 1.165) is 70.2 Å². The molecule has 0 bridgehead atoms. The molecule has 0 radical (unpaired) electrons. The van der Waals surface area contributed by atoms with Gasteiger partial charge in [-0.3, -0.25) is 9.69 Å². The number of ether oxygens (including phenoxy) is 1. The van der Waals surface area contributed by atoms with Gasteiger partial charge in [-0.1, -0.05) is 23.7 Å². The fourth-order valence-electron chi connectivity index (χ4n) is 5.77. The molecular formula is C28H30ClN5O3. The van der Waals surface area contributed by atoms with Gasteiger partial charge in [0, 0.05) is 57.0 Å². The molecule has 0 N–H and O–H groups in total. The van der Waals surface area contributed by atoms with Crippen LogP contribution in [-0.2, 0) is 6.54 Å². The van der Waals surface area contributed by atoms with Gasteiger partial charge in [0.05, 0.1) is 11.8 Å². The Labute approximate surface area is 221 Å². The maximum Gasteiger partial charge on any atom is 0.344 e. The van der Waals surface area contributed by atoms with Crippen molar-refractivity contribution in [2.24, 2.45) is 11.8 Å². The van der Waals surface area contributed by atoms with Crippen LogP contribution in [0.1, 0.15) is 28.8 Å². The summed E-state index contributed by atoms with van der Waals surface area (Å²) in [6.45, 7) is 5.75. The number of carbonyl (C=O) groups is 2. The lowest BCUT2D eigenvalue weighted by molar-refractivity contribution is 0.0793. The topological polar surface area (TPSA) is 70.9 Å². The van der Waals surface area contributed by atoms with Crippen molar-refractivity contribution in [1.29, 1.82) is 0 Å². The van der Waals surface area contributed by atoms with E-state index >= 15 is 0 Å². The molecule has 3 aromatic rings. The Kier molecular flexibility index (Phi) is 6.61. The number of hydrogen-bond acceptors (Lipinski definition) is 5. The monoisotopic (exact) mass is 519 g/mol. The second kappa shape index (κ2) is 10.2. The van der Waals surface area contributed by atoms with Crippen LogP contribution in [-0.4, -0.2) is 75.7 Å². The third-order valence-electron chi connectivity index (χ3n) is 7.61. The maximum absolute atomic E-state index is 13.1. The first-order chi connectivity index (χ1) is 18.0. The molecule has 37 heavy (non-hydrogen) atoms. The zero-order valence-electron chi connectivity index (χ0n) is 20.6. The molecule has 2 amide bonds. The molecule has 1 aromatic heterocycles. The van der Waals surface area contributed by atoms with Crippen LogP contribution in [0, 0.1) is 11.8 Å². The molecule has 192 valence electrons. The van der Waals surface area contributed by atoms with E-state index < -0.39 is 0 Å². The lowest BCUT2D eigenvalue weighted by Crippen LogP contribution is -2.36. The number of halogens is 1. The summed E-state index contributed by atoms with van der Waals surface area (Å²) in [6, 6.07) is 15.4. The average molecular weight is 520 g/mol. The lowest BCUT2D eigenvalue weighted by Gasteiger charge is -2.21. The Hall–Kier alpha value is -3.36. The van der Waals surface area contributed by atoms with Gasteiger partial charge in [0.2, 0.25) is 0 Å².